The lowest BCUT2D eigenvalue weighted by Crippen LogP contribution is -2.43. The number of aliphatic hydroxyl groups excluding tert-OH is 1. The molecule has 0 aliphatic rings. The standard InChI is InChI=1S/C20H19N3O4S/c1-27-20(26)16(13-24)21-18(25)10-9-14-12-23(15-6-3-2-4-7-15)22-19(14)17-8-5-11-28-17/h2-12,16,24H,13H2,1H3,(H,21,25)/b10-9+/t16-/m0/s1. The fourth-order valence-electron chi connectivity index (χ4n) is 2.53. The molecule has 0 bridgehead atoms. The van der Waals surface area contributed by atoms with Crippen LogP contribution in [0, 0.1) is 0 Å². The minimum atomic E-state index is -1.11. The number of nitrogens with zero attached hydrogens (tertiary/aromatic N) is 2. The molecule has 3 rings (SSSR count). The van der Waals surface area contributed by atoms with Gasteiger partial charge in [0.05, 0.1) is 24.3 Å². The molecule has 0 unspecified atom stereocenters. The number of esters is 1. The van der Waals surface area contributed by atoms with Crippen molar-refractivity contribution in [1.82, 2.24) is 15.1 Å². The van der Waals surface area contributed by atoms with E-state index in [2.05, 4.69) is 15.2 Å². The summed E-state index contributed by atoms with van der Waals surface area (Å²) in [7, 11) is 1.19. The van der Waals surface area contributed by atoms with Gasteiger partial charge >= 0.3 is 5.97 Å². The first kappa shape index (κ1) is 19.5. The molecule has 0 aliphatic carbocycles. The molecule has 0 saturated carbocycles. The molecule has 3 aromatic rings. The number of methoxy groups -OCH3 is 1. The molecule has 2 N–H and O–H groups in total. The van der Waals surface area contributed by atoms with Gasteiger partial charge in [-0.3, -0.25) is 4.79 Å². The number of thiophene rings is 1. The van der Waals surface area contributed by atoms with Crippen molar-refractivity contribution in [2.24, 2.45) is 0 Å². The average molecular weight is 397 g/mol. The number of ether oxygens (including phenoxy) is 1. The van der Waals surface area contributed by atoms with E-state index >= 15 is 0 Å². The molecule has 2 aromatic heterocycles. The summed E-state index contributed by atoms with van der Waals surface area (Å²) in [4.78, 5) is 24.6. The van der Waals surface area contributed by atoms with E-state index in [1.807, 2.05) is 54.0 Å². The number of benzene rings is 1. The maximum Gasteiger partial charge on any atom is 0.330 e. The minimum Gasteiger partial charge on any atom is -0.467 e. The highest BCUT2D eigenvalue weighted by atomic mass is 32.1. The lowest BCUT2D eigenvalue weighted by molar-refractivity contribution is -0.145. The molecular weight excluding hydrogens is 378 g/mol. The van der Waals surface area contributed by atoms with Gasteiger partial charge in [0.25, 0.3) is 0 Å². The highest BCUT2D eigenvalue weighted by molar-refractivity contribution is 7.13. The zero-order valence-electron chi connectivity index (χ0n) is 15.1. The Kier molecular flexibility index (Phi) is 6.36. The summed E-state index contributed by atoms with van der Waals surface area (Å²) >= 11 is 1.55. The number of hydrogen-bond acceptors (Lipinski definition) is 6. The molecule has 144 valence electrons. The highest BCUT2D eigenvalue weighted by Crippen LogP contribution is 2.28. The second-order valence-electron chi connectivity index (χ2n) is 5.79. The molecule has 1 atom stereocenters. The van der Waals surface area contributed by atoms with Gasteiger partial charge in [0.1, 0.15) is 5.69 Å². The highest BCUT2D eigenvalue weighted by Gasteiger charge is 2.19. The minimum absolute atomic E-state index is 0.519. The number of aromatic nitrogens is 2. The molecule has 0 saturated heterocycles. The van der Waals surface area contributed by atoms with E-state index in [9.17, 15) is 14.7 Å². The van der Waals surface area contributed by atoms with Crippen molar-refractivity contribution >= 4 is 29.3 Å². The van der Waals surface area contributed by atoms with Gasteiger partial charge in [0, 0.05) is 17.8 Å². The predicted molar refractivity (Wildman–Crippen MR) is 107 cm³/mol. The van der Waals surface area contributed by atoms with Crippen LogP contribution in [0.25, 0.3) is 22.3 Å². The maximum absolute atomic E-state index is 12.1. The van der Waals surface area contributed by atoms with Crippen molar-refractivity contribution in [3.63, 3.8) is 0 Å². The molecule has 0 aliphatic heterocycles. The third-order valence-electron chi connectivity index (χ3n) is 3.92. The molecule has 2 heterocycles. The Morgan fingerprint density at radius 3 is 2.71 bits per heavy atom. The zero-order chi connectivity index (χ0) is 19.9. The number of carbonyl (C=O) groups excluding carboxylic acids is 2. The Balaban J connectivity index is 1.86. The van der Waals surface area contributed by atoms with Crippen LogP contribution < -0.4 is 5.32 Å². The van der Waals surface area contributed by atoms with E-state index in [4.69, 9.17) is 0 Å². The lowest BCUT2D eigenvalue weighted by atomic mass is 10.2. The number of carbonyl (C=O) groups is 2. The van der Waals surface area contributed by atoms with Crippen LogP contribution >= 0.6 is 11.3 Å². The van der Waals surface area contributed by atoms with Crippen LogP contribution in [0.3, 0.4) is 0 Å². The Bertz CT molecular complexity index is 965. The molecule has 1 amide bonds. The summed E-state index contributed by atoms with van der Waals surface area (Å²) in [6.45, 7) is -0.543. The molecule has 0 radical (unpaired) electrons. The van der Waals surface area contributed by atoms with Gasteiger partial charge < -0.3 is 15.2 Å². The second kappa shape index (κ2) is 9.12. The average Bonchev–Trinajstić information content (AvgIpc) is 3.40. The van der Waals surface area contributed by atoms with E-state index in [-0.39, 0.29) is 0 Å². The summed E-state index contributed by atoms with van der Waals surface area (Å²) in [6.07, 6.45) is 4.76. The van der Waals surface area contributed by atoms with E-state index in [1.54, 1.807) is 22.1 Å². The van der Waals surface area contributed by atoms with Gasteiger partial charge in [0.2, 0.25) is 5.91 Å². The fraction of sp³-hybridized carbons (Fsp3) is 0.150. The first-order valence-corrected chi connectivity index (χ1v) is 9.36. The summed E-state index contributed by atoms with van der Waals surface area (Å²) in [6, 6.07) is 12.4. The molecule has 8 heteroatoms. The quantitative estimate of drug-likeness (QED) is 0.471. The summed E-state index contributed by atoms with van der Waals surface area (Å²) in [5.41, 5.74) is 2.39. The molecular formula is C20H19N3O4S. The van der Waals surface area contributed by atoms with Crippen molar-refractivity contribution in [3.05, 3.63) is 65.7 Å². The Labute approximate surface area is 165 Å². The molecule has 0 spiro atoms. The number of amides is 1. The van der Waals surface area contributed by atoms with E-state index in [0.717, 1.165) is 21.8 Å². The summed E-state index contributed by atoms with van der Waals surface area (Å²) in [5, 5.41) is 18.2. The van der Waals surface area contributed by atoms with Gasteiger partial charge in [0.15, 0.2) is 6.04 Å². The van der Waals surface area contributed by atoms with Crippen molar-refractivity contribution in [2.75, 3.05) is 13.7 Å². The Morgan fingerprint density at radius 2 is 2.07 bits per heavy atom. The normalized spacial score (nSPS) is 12.1. The monoisotopic (exact) mass is 397 g/mol. The number of hydrogen-bond donors (Lipinski definition) is 2. The van der Waals surface area contributed by atoms with Crippen LogP contribution in [0.5, 0.6) is 0 Å². The number of para-hydroxylation sites is 1. The van der Waals surface area contributed by atoms with Crippen LogP contribution in [0.1, 0.15) is 5.56 Å². The van der Waals surface area contributed by atoms with Gasteiger partial charge in [-0.2, -0.15) is 5.10 Å². The van der Waals surface area contributed by atoms with Crippen LogP contribution in [0.2, 0.25) is 0 Å². The van der Waals surface area contributed by atoms with Gasteiger partial charge in [-0.05, 0) is 29.7 Å². The van der Waals surface area contributed by atoms with Crippen molar-refractivity contribution in [1.29, 1.82) is 0 Å². The van der Waals surface area contributed by atoms with E-state index in [0.29, 0.717) is 0 Å². The van der Waals surface area contributed by atoms with Gasteiger partial charge in [-0.15, -0.1) is 11.3 Å². The van der Waals surface area contributed by atoms with Gasteiger partial charge in [-0.25, -0.2) is 9.48 Å². The summed E-state index contributed by atoms with van der Waals surface area (Å²) < 4.78 is 6.29. The first-order chi connectivity index (χ1) is 13.6. The smallest absolute Gasteiger partial charge is 0.330 e. The third kappa shape index (κ3) is 4.54. The zero-order valence-corrected chi connectivity index (χ0v) is 15.9. The molecule has 7 nitrogen and oxygen atoms in total. The van der Waals surface area contributed by atoms with Crippen LogP contribution in [-0.4, -0.2) is 46.5 Å². The van der Waals surface area contributed by atoms with Crippen LogP contribution in [0.4, 0.5) is 0 Å². The third-order valence-corrected chi connectivity index (χ3v) is 4.79. The lowest BCUT2D eigenvalue weighted by Gasteiger charge is -2.11. The largest absolute Gasteiger partial charge is 0.467 e. The Morgan fingerprint density at radius 1 is 1.29 bits per heavy atom. The van der Waals surface area contributed by atoms with E-state index in [1.165, 1.54) is 13.2 Å². The van der Waals surface area contributed by atoms with Gasteiger partial charge in [-0.1, -0.05) is 24.3 Å². The second-order valence-corrected chi connectivity index (χ2v) is 6.74. The Hall–Kier alpha value is -3.23. The molecule has 0 fully saturated rings. The van der Waals surface area contributed by atoms with Crippen molar-refractivity contribution in [3.8, 4) is 16.3 Å². The fourth-order valence-corrected chi connectivity index (χ4v) is 3.26. The molecule has 28 heavy (non-hydrogen) atoms. The van der Waals surface area contributed by atoms with Crippen LogP contribution in [0.15, 0.2) is 60.1 Å². The molecule has 1 aromatic carbocycles. The predicted octanol–water partition coefficient (Wildman–Crippen LogP) is 2.26. The van der Waals surface area contributed by atoms with Crippen molar-refractivity contribution < 1.29 is 19.4 Å². The van der Waals surface area contributed by atoms with E-state index < -0.39 is 24.5 Å². The van der Waals surface area contributed by atoms with Crippen LogP contribution in [-0.2, 0) is 14.3 Å². The SMILES string of the molecule is COC(=O)[C@H](CO)NC(=O)/C=C/c1cn(-c2ccccc2)nc1-c1cccs1. The number of rotatable bonds is 7. The summed E-state index contributed by atoms with van der Waals surface area (Å²) in [5.74, 6) is -1.23. The maximum atomic E-state index is 12.1. The number of aliphatic hydroxyl groups is 1. The number of nitrogens with one attached hydrogen (secondary N) is 1. The first-order valence-electron chi connectivity index (χ1n) is 8.48. The topological polar surface area (TPSA) is 93.5 Å². The van der Waals surface area contributed by atoms with Crippen molar-refractivity contribution in [2.45, 2.75) is 6.04 Å².